The van der Waals surface area contributed by atoms with E-state index in [1.54, 1.807) is 0 Å². The van der Waals surface area contributed by atoms with Gasteiger partial charge in [0.1, 0.15) is 11.5 Å². The van der Waals surface area contributed by atoms with E-state index >= 15 is 0 Å². The molecule has 52 heavy (non-hydrogen) atoms. The van der Waals surface area contributed by atoms with E-state index in [0.29, 0.717) is 11.8 Å². The minimum atomic E-state index is -0.0443. The van der Waals surface area contributed by atoms with Crippen LogP contribution in [0.15, 0.2) is 78.9 Å². The summed E-state index contributed by atoms with van der Waals surface area (Å²) >= 11 is 0. The Morgan fingerprint density at radius 3 is 1.50 bits per heavy atom. The molecule has 0 aromatic heterocycles. The maximum absolute atomic E-state index is 7.05. The van der Waals surface area contributed by atoms with Crippen molar-refractivity contribution in [3.05, 3.63) is 112 Å². The summed E-state index contributed by atoms with van der Waals surface area (Å²) in [6, 6.07) is 31.2. The molecule has 0 saturated heterocycles. The highest BCUT2D eigenvalue weighted by Gasteiger charge is 2.62. The fourth-order valence-corrected chi connectivity index (χ4v) is 13.0. The summed E-state index contributed by atoms with van der Waals surface area (Å²) in [5, 5.41) is 0. The van der Waals surface area contributed by atoms with Gasteiger partial charge in [0.15, 0.2) is 0 Å². The molecular formula is C50H59NO. The third-order valence-electron chi connectivity index (χ3n) is 15.8. The van der Waals surface area contributed by atoms with Crippen LogP contribution in [0.4, 0.5) is 17.1 Å². The van der Waals surface area contributed by atoms with Gasteiger partial charge in [-0.05, 0) is 168 Å². The second-order valence-electron chi connectivity index (χ2n) is 20.8. The summed E-state index contributed by atoms with van der Waals surface area (Å²) in [5.74, 6) is 5.21. The molecule has 4 aromatic carbocycles. The first-order valence-corrected chi connectivity index (χ1v) is 20.7. The third-order valence-corrected chi connectivity index (χ3v) is 15.8. The first-order chi connectivity index (χ1) is 24.7. The van der Waals surface area contributed by atoms with Crippen molar-refractivity contribution in [2.75, 3.05) is 4.90 Å². The average Bonchev–Trinajstić information content (AvgIpc) is 3.10. The minimum absolute atomic E-state index is 0.0443. The van der Waals surface area contributed by atoms with Gasteiger partial charge in [-0.25, -0.2) is 0 Å². The van der Waals surface area contributed by atoms with E-state index in [1.807, 2.05) is 0 Å². The van der Waals surface area contributed by atoms with E-state index < -0.39 is 0 Å². The highest BCUT2D eigenvalue weighted by Crippen LogP contribution is 2.70. The quantitative estimate of drug-likeness (QED) is 0.212. The molecule has 2 heteroatoms. The third kappa shape index (κ3) is 4.54. The SMILES string of the molecule is CC1(C)CCC(C)(C)c2cc(N(c3ccc4c(c3)C(C)(C)CCC4(C)C)c3cccc4c3C3(c5ccccc5O4)C4CC5CC(C4)CC3C5)ccc21. The molecule has 0 amide bonds. The Kier molecular flexibility index (Phi) is 6.87. The van der Waals surface area contributed by atoms with Crippen LogP contribution in [0, 0.1) is 23.7 Å². The standard InChI is InChI=1S/C50H59NO/c1-46(2)20-22-48(5,6)40-29-35(16-18-37(40)46)51(36-17-19-38-41(30-36)49(7,8)23-21-47(38,3)4)42-13-11-15-44-45(42)50(39-12-9-10-14-43(39)52-44)33-25-31-24-32(27-33)28-34(50)26-31/h9-19,29-34H,20-28H2,1-8H3. The maximum atomic E-state index is 7.05. The van der Waals surface area contributed by atoms with E-state index in [2.05, 4.69) is 139 Å². The maximum Gasteiger partial charge on any atom is 0.133 e. The Morgan fingerprint density at radius 2 is 0.962 bits per heavy atom. The van der Waals surface area contributed by atoms with Crippen molar-refractivity contribution in [1.82, 2.24) is 0 Å². The van der Waals surface area contributed by atoms with Gasteiger partial charge in [-0.15, -0.1) is 0 Å². The van der Waals surface area contributed by atoms with E-state index in [4.69, 9.17) is 4.74 Å². The molecule has 11 rings (SSSR count). The topological polar surface area (TPSA) is 12.5 Å². The van der Waals surface area contributed by atoms with Crippen LogP contribution in [-0.2, 0) is 27.1 Å². The Labute approximate surface area is 313 Å². The number of hydrogen-bond donors (Lipinski definition) is 0. The van der Waals surface area contributed by atoms with Gasteiger partial charge in [0.05, 0.1) is 5.69 Å². The van der Waals surface area contributed by atoms with Crippen LogP contribution < -0.4 is 9.64 Å². The van der Waals surface area contributed by atoms with Crippen LogP contribution >= 0.6 is 0 Å². The zero-order valence-corrected chi connectivity index (χ0v) is 33.0. The molecular weight excluding hydrogens is 631 g/mol. The highest BCUT2D eigenvalue weighted by molar-refractivity contribution is 5.84. The van der Waals surface area contributed by atoms with Crippen molar-refractivity contribution < 1.29 is 4.74 Å². The molecule has 6 aliphatic carbocycles. The Balaban J connectivity index is 1.26. The highest BCUT2D eigenvalue weighted by atomic mass is 16.5. The van der Waals surface area contributed by atoms with Gasteiger partial charge in [0.25, 0.3) is 0 Å². The monoisotopic (exact) mass is 689 g/mol. The lowest BCUT2D eigenvalue weighted by Crippen LogP contribution is -2.57. The summed E-state index contributed by atoms with van der Waals surface area (Å²) in [6.07, 6.45) is 11.7. The number of ether oxygens (including phenoxy) is 1. The van der Waals surface area contributed by atoms with E-state index in [-0.39, 0.29) is 27.1 Å². The van der Waals surface area contributed by atoms with Gasteiger partial charge < -0.3 is 9.64 Å². The molecule has 0 radical (unpaired) electrons. The van der Waals surface area contributed by atoms with Gasteiger partial charge in [-0.1, -0.05) is 91.8 Å². The zero-order chi connectivity index (χ0) is 36.0. The van der Waals surface area contributed by atoms with Crippen LogP contribution in [-0.4, -0.2) is 0 Å². The zero-order valence-electron chi connectivity index (χ0n) is 33.0. The lowest BCUT2D eigenvalue weighted by Gasteiger charge is -2.63. The summed E-state index contributed by atoms with van der Waals surface area (Å²) in [7, 11) is 0. The normalized spacial score (nSPS) is 30.5. The molecule has 0 atom stereocenters. The fourth-order valence-electron chi connectivity index (χ4n) is 13.0. The van der Waals surface area contributed by atoms with Gasteiger partial charge in [-0.2, -0.15) is 0 Å². The smallest absolute Gasteiger partial charge is 0.133 e. The van der Waals surface area contributed by atoms with Crippen molar-refractivity contribution in [1.29, 1.82) is 0 Å². The summed E-state index contributed by atoms with van der Waals surface area (Å²) in [6.45, 7) is 19.7. The Bertz CT molecular complexity index is 2000. The molecule has 4 saturated carbocycles. The van der Waals surface area contributed by atoms with Gasteiger partial charge in [0.2, 0.25) is 0 Å². The number of anilines is 3. The van der Waals surface area contributed by atoms with Crippen molar-refractivity contribution >= 4 is 17.1 Å². The molecule has 1 heterocycles. The van der Waals surface area contributed by atoms with Crippen LogP contribution in [0.2, 0.25) is 0 Å². The van der Waals surface area contributed by atoms with Gasteiger partial charge in [-0.3, -0.25) is 0 Å². The van der Waals surface area contributed by atoms with Crippen molar-refractivity contribution in [3.8, 4) is 11.5 Å². The molecule has 4 bridgehead atoms. The molecule has 2 nitrogen and oxygen atoms in total. The van der Waals surface area contributed by atoms with E-state index in [9.17, 15) is 0 Å². The largest absolute Gasteiger partial charge is 0.457 e. The molecule has 4 aromatic rings. The molecule has 1 spiro atoms. The second kappa shape index (κ2) is 10.8. The average molecular weight is 690 g/mol. The number of hydrogen-bond acceptors (Lipinski definition) is 2. The summed E-state index contributed by atoms with van der Waals surface area (Å²) in [5.41, 5.74) is 13.4. The van der Waals surface area contributed by atoms with Crippen LogP contribution in [0.5, 0.6) is 11.5 Å². The molecule has 0 N–H and O–H groups in total. The first-order valence-electron chi connectivity index (χ1n) is 20.7. The van der Waals surface area contributed by atoms with E-state index in [1.165, 1.54) is 108 Å². The molecule has 1 aliphatic heterocycles. The Hall–Kier alpha value is -3.52. The number of nitrogens with zero attached hydrogens (tertiary/aromatic N) is 1. The lowest BCUT2D eigenvalue weighted by molar-refractivity contribution is -0.0449. The number of para-hydroxylation sites is 1. The molecule has 7 aliphatic rings. The predicted octanol–water partition coefficient (Wildman–Crippen LogP) is 13.7. The Morgan fingerprint density at radius 1 is 0.481 bits per heavy atom. The van der Waals surface area contributed by atoms with Crippen molar-refractivity contribution in [2.45, 2.75) is 140 Å². The van der Waals surface area contributed by atoms with Gasteiger partial charge in [0, 0.05) is 27.9 Å². The predicted molar refractivity (Wildman–Crippen MR) is 216 cm³/mol. The molecule has 270 valence electrons. The fraction of sp³-hybridized carbons (Fsp3) is 0.520. The summed E-state index contributed by atoms with van der Waals surface area (Å²) in [4.78, 5) is 2.68. The van der Waals surface area contributed by atoms with E-state index in [0.717, 1.165) is 23.3 Å². The van der Waals surface area contributed by atoms with Crippen LogP contribution in [0.1, 0.15) is 147 Å². The van der Waals surface area contributed by atoms with Crippen LogP contribution in [0.25, 0.3) is 0 Å². The molecule has 4 fully saturated rings. The van der Waals surface area contributed by atoms with Crippen LogP contribution in [0.3, 0.4) is 0 Å². The minimum Gasteiger partial charge on any atom is -0.457 e. The summed E-state index contributed by atoms with van der Waals surface area (Å²) < 4.78 is 7.05. The van der Waals surface area contributed by atoms with Gasteiger partial charge >= 0.3 is 0 Å². The lowest BCUT2D eigenvalue weighted by atomic mass is 9.41. The van der Waals surface area contributed by atoms with Crippen molar-refractivity contribution in [2.24, 2.45) is 23.7 Å². The second-order valence-corrected chi connectivity index (χ2v) is 20.8. The molecule has 0 unspecified atom stereocenters. The number of rotatable bonds is 3. The van der Waals surface area contributed by atoms with Crippen molar-refractivity contribution in [3.63, 3.8) is 0 Å². The first kappa shape index (κ1) is 33.1. The number of benzene rings is 4. The number of fused-ring (bicyclic) bond motifs is 4.